The Balaban J connectivity index is 3.12. The summed E-state index contributed by atoms with van der Waals surface area (Å²) < 4.78 is 45.1. The fraction of sp³-hybridized carbons (Fsp3) is 0.375. The first-order valence-electron chi connectivity index (χ1n) is 3.92. The van der Waals surface area contributed by atoms with Crippen molar-refractivity contribution in [1.29, 1.82) is 0 Å². The van der Waals surface area contributed by atoms with Crippen LogP contribution in [0, 0.1) is 3.57 Å². The zero-order valence-corrected chi connectivity index (χ0v) is 10.9. The standard InChI is InChI=1S/C8H6ClF3INO2/c1-15-5-2-6(16-8(10,11)12)14-4(3-9)7(5)13/h2H,3H2,1H3. The number of hydrogen-bond acceptors (Lipinski definition) is 3. The van der Waals surface area contributed by atoms with Gasteiger partial charge in [0, 0.05) is 6.07 Å². The van der Waals surface area contributed by atoms with Crippen LogP contribution in [0.4, 0.5) is 13.2 Å². The normalized spacial score (nSPS) is 11.4. The Bertz CT molecular complexity index is 361. The number of nitrogens with zero attached hydrogens (tertiary/aromatic N) is 1. The summed E-state index contributed by atoms with van der Waals surface area (Å²) >= 11 is 7.43. The molecule has 8 heteroatoms. The molecule has 0 radical (unpaired) electrons. The van der Waals surface area contributed by atoms with Gasteiger partial charge in [-0.1, -0.05) is 0 Å². The van der Waals surface area contributed by atoms with Gasteiger partial charge in [-0.2, -0.15) is 0 Å². The summed E-state index contributed by atoms with van der Waals surface area (Å²) in [7, 11) is 1.34. The summed E-state index contributed by atoms with van der Waals surface area (Å²) in [6.45, 7) is 0. The minimum Gasteiger partial charge on any atom is -0.495 e. The number of hydrogen-bond donors (Lipinski definition) is 0. The van der Waals surface area contributed by atoms with Crippen LogP contribution < -0.4 is 9.47 Å². The third kappa shape index (κ3) is 3.55. The predicted octanol–water partition coefficient (Wildman–Crippen LogP) is 3.33. The van der Waals surface area contributed by atoms with Gasteiger partial charge in [-0.3, -0.25) is 0 Å². The second kappa shape index (κ2) is 5.26. The maximum atomic E-state index is 12.0. The van der Waals surface area contributed by atoms with Crippen molar-refractivity contribution in [3.63, 3.8) is 0 Å². The van der Waals surface area contributed by atoms with E-state index in [1.165, 1.54) is 7.11 Å². The number of methoxy groups -OCH3 is 1. The summed E-state index contributed by atoms with van der Waals surface area (Å²) in [6, 6.07) is 1.06. The van der Waals surface area contributed by atoms with Gasteiger partial charge in [0.05, 0.1) is 22.3 Å². The number of halogens is 5. The molecule has 1 heterocycles. The Kier molecular flexibility index (Phi) is 4.48. The average Bonchev–Trinajstić information content (AvgIpc) is 2.18. The maximum absolute atomic E-state index is 12.0. The van der Waals surface area contributed by atoms with E-state index >= 15 is 0 Å². The van der Waals surface area contributed by atoms with Gasteiger partial charge in [0.2, 0.25) is 5.88 Å². The highest BCUT2D eigenvalue weighted by Gasteiger charge is 2.32. The van der Waals surface area contributed by atoms with Crippen LogP contribution in [0.3, 0.4) is 0 Å². The van der Waals surface area contributed by atoms with Gasteiger partial charge in [0.15, 0.2) is 0 Å². The van der Waals surface area contributed by atoms with E-state index in [1.807, 2.05) is 22.6 Å². The quantitative estimate of drug-likeness (QED) is 0.607. The molecule has 0 saturated heterocycles. The molecule has 90 valence electrons. The van der Waals surface area contributed by atoms with Crippen LogP contribution in [0.25, 0.3) is 0 Å². The molecular weight excluding hydrogens is 361 g/mol. The van der Waals surface area contributed by atoms with Crippen LogP contribution >= 0.6 is 34.2 Å². The Labute approximate surface area is 108 Å². The molecule has 0 fully saturated rings. The lowest BCUT2D eigenvalue weighted by molar-refractivity contribution is -0.276. The van der Waals surface area contributed by atoms with E-state index in [4.69, 9.17) is 16.3 Å². The minimum absolute atomic E-state index is 0.0241. The molecule has 0 unspecified atom stereocenters. The molecule has 0 aliphatic heterocycles. The van der Waals surface area contributed by atoms with Gasteiger partial charge >= 0.3 is 6.36 Å². The molecule has 0 spiro atoms. The lowest BCUT2D eigenvalue weighted by Gasteiger charge is -2.12. The lowest BCUT2D eigenvalue weighted by Crippen LogP contribution is -2.18. The van der Waals surface area contributed by atoms with E-state index in [9.17, 15) is 13.2 Å². The molecule has 0 aliphatic rings. The molecule has 3 nitrogen and oxygen atoms in total. The zero-order chi connectivity index (χ0) is 12.3. The molecule has 1 rings (SSSR count). The minimum atomic E-state index is -4.78. The Morgan fingerprint density at radius 1 is 1.50 bits per heavy atom. The fourth-order valence-corrected chi connectivity index (χ4v) is 2.05. The predicted molar refractivity (Wildman–Crippen MR) is 59.7 cm³/mol. The van der Waals surface area contributed by atoms with Gasteiger partial charge in [-0.25, -0.2) is 4.98 Å². The number of ether oxygens (including phenoxy) is 2. The molecule has 16 heavy (non-hydrogen) atoms. The van der Waals surface area contributed by atoms with Gasteiger partial charge < -0.3 is 9.47 Å². The highest BCUT2D eigenvalue weighted by atomic mass is 127. The molecule has 0 atom stereocenters. The third-order valence-corrected chi connectivity index (χ3v) is 2.94. The Morgan fingerprint density at radius 3 is 2.56 bits per heavy atom. The largest absolute Gasteiger partial charge is 0.574 e. The van der Waals surface area contributed by atoms with E-state index < -0.39 is 12.2 Å². The van der Waals surface area contributed by atoms with Crippen molar-refractivity contribution in [2.24, 2.45) is 0 Å². The molecule has 0 saturated carbocycles. The third-order valence-electron chi connectivity index (χ3n) is 1.54. The number of pyridine rings is 1. The van der Waals surface area contributed by atoms with Crippen molar-refractivity contribution in [3.05, 3.63) is 15.3 Å². The van der Waals surface area contributed by atoms with E-state index in [-0.39, 0.29) is 17.3 Å². The number of rotatable bonds is 3. The SMILES string of the molecule is COc1cc(OC(F)(F)F)nc(CCl)c1I. The van der Waals surface area contributed by atoms with E-state index in [2.05, 4.69) is 9.72 Å². The maximum Gasteiger partial charge on any atom is 0.574 e. The van der Waals surface area contributed by atoms with Crippen molar-refractivity contribution < 1.29 is 22.6 Å². The van der Waals surface area contributed by atoms with Crippen molar-refractivity contribution in [1.82, 2.24) is 4.98 Å². The molecule has 1 aromatic rings. The summed E-state index contributed by atoms with van der Waals surface area (Å²) in [4.78, 5) is 3.62. The lowest BCUT2D eigenvalue weighted by atomic mass is 10.3. The number of alkyl halides is 4. The zero-order valence-electron chi connectivity index (χ0n) is 7.94. The highest BCUT2D eigenvalue weighted by Crippen LogP contribution is 2.30. The van der Waals surface area contributed by atoms with Crippen LogP contribution in [-0.4, -0.2) is 18.5 Å². The fourth-order valence-electron chi connectivity index (χ4n) is 0.940. The van der Waals surface area contributed by atoms with Gasteiger partial charge in [0.1, 0.15) is 5.75 Å². The van der Waals surface area contributed by atoms with E-state index in [0.29, 0.717) is 3.57 Å². The van der Waals surface area contributed by atoms with Crippen LogP contribution in [0.5, 0.6) is 11.6 Å². The van der Waals surface area contributed by atoms with E-state index in [1.54, 1.807) is 0 Å². The molecule has 0 aliphatic carbocycles. The van der Waals surface area contributed by atoms with Crippen molar-refractivity contribution in [2.75, 3.05) is 7.11 Å². The van der Waals surface area contributed by atoms with Crippen LogP contribution in [0.15, 0.2) is 6.07 Å². The highest BCUT2D eigenvalue weighted by molar-refractivity contribution is 14.1. The summed E-state index contributed by atoms with van der Waals surface area (Å²) in [6.07, 6.45) is -4.78. The van der Waals surface area contributed by atoms with Crippen LogP contribution in [0.1, 0.15) is 5.69 Å². The number of aromatic nitrogens is 1. The summed E-state index contributed by atoms with van der Waals surface area (Å²) in [5.74, 6) is -0.366. The molecule has 0 N–H and O–H groups in total. The van der Waals surface area contributed by atoms with Crippen molar-refractivity contribution in [3.8, 4) is 11.6 Å². The Hall–Kier alpha value is -0.440. The molecule has 0 amide bonds. The van der Waals surface area contributed by atoms with Crippen LogP contribution in [-0.2, 0) is 5.88 Å². The monoisotopic (exact) mass is 367 g/mol. The first-order valence-corrected chi connectivity index (χ1v) is 5.54. The molecular formula is C8H6ClF3INO2. The molecule has 0 aromatic carbocycles. The Morgan fingerprint density at radius 2 is 2.12 bits per heavy atom. The molecule has 0 bridgehead atoms. The van der Waals surface area contributed by atoms with Gasteiger partial charge in [-0.15, -0.1) is 24.8 Å². The second-order valence-electron chi connectivity index (χ2n) is 2.60. The smallest absolute Gasteiger partial charge is 0.495 e. The van der Waals surface area contributed by atoms with E-state index in [0.717, 1.165) is 6.07 Å². The second-order valence-corrected chi connectivity index (χ2v) is 3.95. The van der Waals surface area contributed by atoms with Gasteiger partial charge in [-0.05, 0) is 22.6 Å². The van der Waals surface area contributed by atoms with Gasteiger partial charge in [0.25, 0.3) is 0 Å². The first-order chi connectivity index (χ1) is 7.37. The van der Waals surface area contributed by atoms with Crippen molar-refractivity contribution >= 4 is 34.2 Å². The first kappa shape index (κ1) is 13.6. The molecule has 1 aromatic heterocycles. The van der Waals surface area contributed by atoms with Crippen LogP contribution in [0.2, 0.25) is 0 Å². The topological polar surface area (TPSA) is 31.4 Å². The van der Waals surface area contributed by atoms with Crippen molar-refractivity contribution in [2.45, 2.75) is 12.2 Å². The average molecular weight is 367 g/mol. The summed E-state index contributed by atoms with van der Waals surface area (Å²) in [5, 5.41) is 0. The summed E-state index contributed by atoms with van der Waals surface area (Å²) in [5.41, 5.74) is 0.279.